The summed E-state index contributed by atoms with van der Waals surface area (Å²) in [7, 11) is 0. The molecule has 9 heteroatoms. The number of hydrogen-bond donors (Lipinski definition) is 2. The molecular formula is C11H13N5O3S. The molecule has 0 fully saturated rings. The van der Waals surface area contributed by atoms with Crippen molar-refractivity contribution < 1.29 is 9.21 Å². The number of nitrogens with zero attached hydrogens (tertiary/aromatic N) is 3. The van der Waals surface area contributed by atoms with E-state index in [2.05, 4.69) is 15.5 Å². The summed E-state index contributed by atoms with van der Waals surface area (Å²) in [5.41, 5.74) is -0.224. The number of thioether (sulfide) groups is 1. The summed E-state index contributed by atoms with van der Waals surface area (Å²) >= 11 is 1.04. The Morgan fingerprint density at radius 2 is 2.35 bits per heavy atom. The lowest BCUT2D eigenvalue weighted by Gasteiger charge is -2.06. The summed E-state index contributed by atoms with van der Waals surface area (Å²) in [5, 5.41) is 10.3. The van der Waals surface area contributed by atoms with Crippen molar-refractivity contribution in [1.82, 2.24) is 20.2 Å². The number of hydrogen-bond acceptors (Lipinski definition) is 7. The predicted molar refractivity (Wildman–Crippen MR) is 72.5 cm³/mol. The summed E-state index contributed by atoms with van der Waals surface area (Å²) < 4.78 is 5.97. The van der Waals surface area contributed by atoms with E-state index in [1.807, 2.05) is 0 Å². The average Bonchev–Trinajstić information content (AvgIpc) is 2.95. The highest BCUT2D eigenvalue weighted by Gasteiger charge is 2.10. The molecule has 3 N–H and O–H groups in total. The second-order valence-corrected chi connectivity index (χ2v) is 4.83. The van der Waals surface area contributed by atoms with E-state index in [1.165, 1.54) is 13.2 Å². The first-order chi connectivity index (χ1) is 9.58. The summed E-state index contributed by atoms with van der Waals surface area (Å²) in [6.07, 6.45) is 1.53. The smallest absolute Gasteiger partial charge is 0.294 e. The van der Waals surface area contributed by atoms with E-state index in [0.29, 0.717) is 12.3 Å². The minimum absolute atomic E-state index is 0.0785. The molecule has 1 amide bonds. The third-order valence-electron chi connectivity index (χ3n) is 2.39. The number of nitrogens with two attached hydrogens (primary N) is 1. The third kappa shape index (κ3) is 3.38. The zero-order valence-electron chi connectivity index (χ0n) is 10.7. The molecular weight excluding hydrogens is 282 g/mol. The van der Waals surface area contributed by atoms with Crippen LogP contribution in [-0.4, -0.2) is 26.5 Å². The van der Waals surface area contributed by atoms with Crippen LogP contribution >= 0.6 is 11.8 Å². The molecule has 0 spiro atoms. The van der Waals surface area contributed by atoms with Gasteiger partial charge in [-0.1, -0.05) is 11.8 Å². The molecule has 0 aliphatic carbocycles. The molecule has 0 saturated heterocycles. The van der Waals surface area contributed by atoms with E-state index in [9.17, 15) is 9.59 Å². The van der Waals surface area contributed by atoms with Gasteiger partial charge in [0.25, 0.3) is 5.56 Å². The minimum Gasteiger partial charge on any atom is -0.467 e. The van der Waals surface area contributed by atoms with E-state index < -0.39 is 5.56 Å². The van der Waals surface area contributed by atoms with Crippen molar-refractivity contribution in [3.8, 4) is 0 Å². The number of furan rings is 1. The normalized spacial score (nSPS) is 10.4. The number of carbonyl (C=O) groups excluding carboxylic acids is 1. The highest BCUT2D eigenvalue weighted by molar-refractivity contribution is 7.99. The summed E-state index contributed by atoms with van der Waals surface area (Å²) in [6, 6.07) is 3.50. The Bertz CT molecular complexity index is 653. The fourth-order valence-electron chi connectivity index (χ4n) is 1.35. The van der Waals surface area contributed by atoms with Gasteiger partial charge in [0.15, 0.2) is 0 Å². The molecule has 2 heterocycles. The second kappa shape index (κ2) is 6.24. The fourth-order valence-corrected chi connectivity index (χ4v) is 2.03. The van der Waals surface area contributed by atoms with Crippen LogP contribution in [0.2, 0.25) is 0 Å². The second-order valence-electron chi connectivity index (χ2n) is 3.89. The van der Waals surface area contributed by atoms with Gasteiger partial charge in [0.1, 0.15) is 11.5 Å². The van der Waals surface area contributed by atoms with Crippen LogP contribution < -0.4 is 16.7 Å². The Morgan fingerprint density at radius 3 is 3.05 bits per heavy atom. The largest absolute Gasteiger partial charge is 0.467 e. The number of aromatic nitrogens is 3. The summed E-state index contributed by atoms with van der Waals surface area (Å²) in [5.74, 6) is 6.07. The van der Waals surface area contributed by atoms with E-state index in [0.717, 1.165) is 16.4 Å². The standard InChI is InChI=1S/C11H13N5O3S/c1-7-10(18)16(12)11(15-14-7)20-6-9(17)13-5-8-3-2-4-19-8/h2-4H,5-6,12H2,1H3,(H,13,17). The van der Waals surface area contributed by atoms with Crippen LogP contribution in [0.25, 0.3) is 0 Å². The fraction of sp³-hybridized carbons (Fsp3) is 0.273. The molecule has 106 valence electrons. The van der Waals surface area contributed by atoms with Crippen LogP contribution in [0, 0.1) is 6.92 Å². The maximum atomic E-state index is 11.6. The number of amides is 1. The first kappa shape index (κ1) is 14.1. The van der Waals surface area contributed by atoms with Crippen molar-refractivity contribution in [2.75, 3.05) is 11.6 Å². The number of nitrogens with one attached hydrogen (secondary N) is 1. The molecule has 2 aromatic rings. The molecule has 0 aromatic carbocycles. The van der Waals surface area contributed by atoms with Gasteiger partial charge in [-0.05, 0) is 19.1 Å². The van der Waals surface area contributed by atoms with Crippen LogP contribution in [0.1, 0.15) is 11.5 Å². The molecule has 0 aliphatic heterocycles. The first-order valence-corrected chi connectivity index (χ1v) is 6.70. The van der Waals surface area contributed by atoms with Crippen LogP contribution in [-0.2, 0) is 11.3 Å². The average molecular weight is 295 g/mol. The van der Waals surface area contributed by atoms with Gasteiger partial charge >= 0.3 is 0 Å². The van der Waals surface area contributed by atoms with E-state index in [4.69, 9.17) is 10.3 Å². The van der Waals surface area contributed by atoms with Gasteiger partial charge in [-0.15, -0.1) is 10.2 Å². The molecule has 0 radical (unpaired) electrons. The Morgan fingerprint density at radius 1 is 1.55 bits per heavy atom. The van der Waals surface area contributed by atoms with Gasteiger partial charge in [0.05, 0.1) is 18.6 Å². The Hall–Kier alpha value is -2.29. The maximum Gasteiger partial charge on any atom is 0.294 e. The van der Waals surface area contributed by atoms with Crippen molar-refractivity contribution in [3.63, 3.8) is 0 Å². The Labute approximate surface area is 118 Å². The molecule has 0 atom stereocenters. The van der Waals surface area contributed by atoms with Gasteiger partial charge < -0.3 is 15.6 Å². The molecule has 8 nitrogen and oxygen atoms in total. The van der Waals surface area contributed by atoms with Gasteiger partial charge in [-0.25, -0.2) is 0 Å². The molecule has 0 unspecified atom stereocenters. The first-order valence-electron chi connectivity index (χ1n) is 5.71. The number of aryl methyl sites for hydroxylation is 1. The zero-order valence-corrected chi connectivity index (χ0v) is 11.5. The number of carbonyl (C=O) groups is 1. The third-order valence-corrected chi connectivity index (χ3v) is 3.34. The van der Waals surface area contributed by atoms with Crippen molar-refractivity contribution in [1.29, 1.82) is 0 Å². The van der Waals surface area contributed by atoms with E-state index in [-0.39, 0.29) is 22.5 Å². The van der Waals surface area contributed by atoms with Gasteiger partial charge in [-0.2, -0.15) is 4.68 Å². The SMILES string of the molecule is Cc1nnc(SCC(=O)NCc2ccco2)n(N)c1=O. The van der Waals surface area contributed by atoms with Crippen LogP contribution in [0.4, 0.5) is 0 Å². The van der Waals surface area contributed by atoms with Crippen molar-refractivity contribution in [2.45, 2.75) is 18.6 Å². The Balaban J connectivity index is 1.87. The molecule has 0 aliphatic rings. The zero-order chi connectivity index (χ0) is 14.5. The lowest BCUT2D eigenvalue weighted by Crippen LogP contribution is -2.33. The van der Waals surface area contributed by atoms with E-state index >= 15 is 0 Å². The molecule has 2 rings (SSSR count). The number of rotatable bonds is 5. The van der Waals surface area contributed by atoms with Crippen LogP contribution in [0.3, 0.4) is 0 Å². The van der Waals surface area contributed by atoms with Gasteiger partial charge in [0, 0.05) is 0 Å². The number of nitrogen functional groups attached to an aromatic ring is 1. The van der Waals surface area contributed by atoms with Crippen molar-refractivity contribution in [2.24, 2.45) is 0 Å². The lowest BCUT2D eigenvalue weighted by molar-refractivity contribution is -0.118. The van der Waals surface area contributed by atoms with Gasteiger partial charge in [0.2, 0.25) is 11.1 Å². The minimum atomic E-state index is -0.432. The Kier molecular flexibility index (Phi) is 4.41. The summed E-state index contributed by atoms with van der Waals surface area (Å²) in [4.78, 5) is 23.1. The van der Waals surface area contributed by atoms with Crippen molar-refractivity contribution in [3.05, 3.63) is 40.2 Å². The topological polar surface area (TPSA) is 116 Å². The van der Waals surface area contributed by atoms with Crippen molar-refractivity contribution >= 4 is 17.7 Å². The lowest BCUT2D eigenvalue weighted by atomic mass is 10.4. The molecule has 2 aromatic heterocycles. The summed E-state index contributed by atoms with van der Waals surface area (Å²) in [6.45, 7) is 1.82. The predicted octanol–water partition coefficient (Wildman–Crippen LogP) is -0.338. The molecule has 0 saturated carbocycles. The van der Waals surface area contributed by atoms with Crippen LogP contribution in [0.15, 0.2) is 32.8 Å². The highest BCUT2D eigenvalue weighted by Crippen LogP contribution is 2.10. The molecule has 20 heavy (non-hydrogen) atoms. The quantitative estimate of drug-likeness (QED) is 0.572. The highest BCUT2D eigenvalue weighted by atomic mass is 32.2. The van der Waals surface area contributed by atoms with E-state index in [1.54, 1.807) is 12.1 Å². The molecule has 0 bridgehead atoms. The maximum absolute atomic E-state index is 11.6. The monoisotopic (exact) mass is 295 g/mol. The van der Waals surface area contributed by atoms with Crippen LogP contribution in [0.5, 0.6) is 0 Å². The van der Waals surface area contributed by atoms with Gasteiger partial charge in [-0.3, -0.25) is 9.59 Å².